The average molecular weight is 280 g/mol. The molecule has 0 spiro atoms. The molecule has 0 aromatic heterocycles. The normalized spacial score (nSPS) is 11.4. The monoisotopic (exact) mass is 280 g/mol. The number of nitro benzene ring substituents is 1. The third kappa shape index (κ3) is 3.48. The average Bonchev–Trinajstić information content (AvgIpc) is 2.44. The maximum atomic E-state index is 11.1. The Bertz CT molecular complexity index is 474. The van der Waals surface area contributed by atoms with Crippen molar-refractivity contribution < 1.29 is 10.0 Å². The third-order valence-electron chi connectivity index (χ3n) is 4.30. The number of hydrogen-bond acceptors (Lipinski definition) is 4. The molecule has 5 heteroatoms. The number of aliphatic hydroxyl groups is 1. The summed E-state index contributed by atoms with van der Waals surface area (Å²) in [4.78, 5) is 10.8. The minimum Gasteiger partial charge on any atom is -0.396 e. The van der Waals surface area contributed by atoms with Crippen LogP contribution in [0.3, 0.4) is 0 Å². The molecule has 20 heavy (non-hydrogen) atoms. The lowest BCUT2D eigenvalue weighted by atomic mass is 9.83. The smallest absolute Gasteiger partial charge is 0.292 e. The van der Waals surface area contributed by atoms with Crippen molar-refractivity contribution in [2.45, 2.75) is 40.5 Å². The first kappa shape index (κ1) is 16.4. The third-order valence-corrected chi connectivity index (χ3v) is 4.30. The van der Waals surface area contributed by atoms with E-state index >= 15 is 0 Å². The number of nitrogens with zero attached hydrogens (tertiary/aromatic N) is 1. The first-order valence-corrected chi connectivity index (χ1v) is 6.99. The van der Waals surface area contributed by atoms with Gasteiger partial charge in [-0.2, -0.15) is 0 Å². The summed E-state index contributed by atoms with van der Waals surface area (Å²) in [5.74, 6) is 0. The van der Waals surface area contributed by atoms with Crippen LogP contribution in [-0.4, -0.2) is 23.2 Å². The molecule has 0 unspecified atom stereocenters. The van der Waals surface area contributed by atoms with E-state index in [2.05, 4.69) is 5.32 Å². The summed E-state index contributed by atoms with van der Waals surface area (Å²) in [6, 6.07) is 3.40. The number of benzene rings is 1. The largest absolute Gasteiger partial charge is 0.396 e. The van der Waals surface area contributed by atoms with E-state index in [0.29, 0.717) is 12.2 Å². The topological polar surface area (TPSA) is 75.4 Å². The second-order valence-electron chi connectivity index (χ2n) is 5.43. The van der Waals surface area contributed by atoms with Crippen molar-refractivity contribution in [1.82, 2.24) is 0 Å². The molecule has 5 nitrogen and oxygen atoms in total. The fourth-order valence-corrected chi connectivity index (χ4v) is 2.16. The molecule has 0 atom stereocenters. The maximum Gasteiger partial charge on any atom is 0.292 e. The SMILES string of the molecule is CCC(CC)(CO)CNc1cc(C)c(C)cc1[N+](=O)[O-]. The van der Waals surface area contributed by atoms with Gasteiger partial charge in [-0.3, -0.25) is 10.1 Å². The van der Waals surface area contributed by atoms with Crippen LogP contribution in [0, 0.1) is 29.4 Å². The molecular weight excluding hydrogens is 256 g/mol. The van der Waals surface area contributed by atoms with Crippen molar-refractivity contribution in [3.05, 3.63) is 33.4 Å². The molecule has 112 valence electrons. The Kier molecular flexibility index (Phi) is 5.51. The Hall–Kier alpha value is -1.62. The van der Waals surface area contributed by atoms with Gasteiger partial charge in [-0.05, 0) is 43.9 Å². The number of hydrogen-bond donors (Lipinski definition) is 2. The van der Waals surface area contributed by atoms with Gasteiger partial charge >= 0.3 is 0 Å². The van der Waals surface area contributed by atoms with Gasteiger partial charge in [0.2, 0.25) is 0 Å². The van der Waals surface area contributed by atoms with Crippen molar-refractivity contribution in [3.8, 4) is 0 Å². The van der Waals surface area contributed by atoms with E-state index in [0.717, 1.165) is 24.0 Å². The van der Waals surface area contributed by atoms with Crippen molar-refractivity contribution in [2.75, 3.05) is 18.5 Å². The molecule has 0 saturated carbocycles. The molecular formula is C15H24N2O3. The Balaban J connectivity index is 3.03. The van der Waals surface area contributed by atoms with Crippen molar-refractivity contribution in [1.29, 1.82) is 0 Å². The van der Waals surface area contributed by atoms with E-state index in [1.54, 1.807) is 12.1 Å². The van der Waals surface area contributed by atoms with E-state index in [4.69, 9.17) is 0 Å². The predicted octanol–water partition coefficient (Wildman–Crippen LogP) is 3.42. The van der Waals surface area contributed by atoms with Gasteiger partial charge in [0.15, 0.2) is 0 Å². The van der Waals surface area contributed by atoms with Crippen LogP contribution in [0.15, 0.2) is 12.1 Å². The Labute approximate surface area is 120 Å². The van der Waals surface area contributed by atoms with Crippen LogP contribution in [-0.2, 0) is 0 Å². The lowest BCUT2D eigenvalue weighted by molar-refractivity contribution is -0.384. The Morgan fingerprint density at radius 1 is 1.25 bits per heavy atom. The second kappa shape index (κ2) is 6.70. The van der Waals surface area contributed by atoms with Gasteiger partial charge in [0.1, 0.15) is 5.69 Å². The van der Waals surface area contributed by atoms with Gasteiger partial charge in [0, 0.05) is 18.0 Å². The van der Waals surface area contributed by atoms with Crippen LogP contribution >= 0.6 is 0 Å². The summed E-state index contributed by atoms with van der Waals surface area (Å²) in [7, 11) is 0. The number of nitro groups is 1. The van der Waals surface area contributed by atoms with Crippen molar-refractivity contribution >= 4 is 11.4 Å². The van der Waals surface area contributed by atoms with E-state index in [9.17, 15) is 15.2 Å². The molecule has 1 aromatic rings. The molecule has 0 bridgehead atoms. The molecule has 0 aliphatic carbocycles. The van der Waals surface area contributed by atoms with Gasteiger partial charge in [-0.1, -0.05) is 13.8 Å². The van der Waals surface area contributed by atoms with Gasteiger partial charge in [-0.25, -0.2) is 0 Å². The first-order chi connectivity index (χ1) is 9.39. The summed E-state index contributed by atoms with van der Waals surface area (Å²) >= 11 is 0. The standard InChI is InChI=1S/C15H24N2O3/c1-5-15(6-2,10-18)9-16-13-7-11(3)12(4)8-14(13)17(19)20/h7-8,16,18H,5-6,9-10H2,1-4H3. The molecule has 1 aromatic carbocycles. The van der Waals surface area contributed by atoms with E-state index in [1.165, 1.54) is 0 Å². The molecule has 1 rings (SSSR count). The predicted molar refractivity (Wildman–Crippen MR) is 81.2 cm³/mol. The minimum absolute atomic E-state index is 0.0750. The highest BCUT2D eigenvalue weighted by Gasteiger charge is 2.26. The molecule has 0 fully saturated rings. The Morgan fingerprint density at radius 3 is 2.25 bits per heavy atom. The zero-order chi connectivity index (χ0) is 15.3. The van der Waals surface area contributed by atoms with Crippen LogP contribution in [0.5, 0.6) is 0 Å². The van der Waals surface area contributed by atoms with Gasteiger partial charge in [-0.15, -0.1) is 0 Å². The minimum atomic E-state index is -0.368. The maximum absolute atomic E-state index is 11.1. The fraction of sp³-hybridized carbons (Fsp3) is 0.600. The van der Waals surface area contributed by atoms with Crippen LogP contribution in [0.25, 0.3) is 0 Å². The zero-order valence-electron chi connectivity index (χ0n) is 12.7. The van der Waals surface area contributed by atoms with Crippen LogP contribution < -0.4 is 5.32 Å². The number of anilines is 1. The van der Waals surface area contributed by atoms with Gasteiger partial charge in [0.05, 0.1) is 11.5 Å². The van der Waals surface area contributed by atoms with Gasteiger partial charge in [0.25, 0.3) is 5.69 Å². The fourth-order valence-electron chi connectivity index (χ4n) is 2.16. The molecule has 0 aliphatic rings. The highest BCUT2D eigenvalue weighted by Crippen LogP contribution is 2.31. The second-order valence-corrected chi connectivity index (χ2v) is 5.43. The summed E-state index contributed by atoms with van der Waals surface area (Å²) in [6.07, 6.45) is 1.65. The summed E-state index contributed by atoms with van der Waals surface area (Å²) in [5, 5.41) is 23.8. The summed E-state index contributed by atoms with van der Waals surface area (Å²) in [5.41, 5.74) is 2.31. The molecule has 0 heterocycles. The lowest BCUT2D eigenvalue weighted by Gasteiger charge is -2.30. The molecule has 0 amide bonds. The highest BCUT2D eigenvalue weighted by atomic mass is 16.6. The molecule has 2 N–H and O–H groups in total. The number of nitrogens with one attached hydrogen (secondary N) is 1. The molecule has 0 saturated heterocycles. The summed E-state index contributed by atoms with van der Waals surface area (Å²) < 4.78 is 0. The Morgan fingerprint density at radius 2 is 1.80 bits per heavy atom. The number of aryl methyl sites for hydroxylation is 2. The van der Waals surface area contributed by atoms with Gasteiger partial charge < -0.3 is 10.4 Å². The number of rotatable bonds is 7. The quantitative estimate of drug-likeness (QED) is 0.592. The van der Waals surface area contributed by atoms with Crippen molar-refractivity contribution in [3.63, 3.8) is 0 Å². The van der Waals surface area contributed by atoms with E-state index in [1.807, 2.05) is 27.7 Å². The zero-order valence-corrected chi connectivity index (χ0v) is 12.7. The van der Waals surface area contributed by atoms with Crippen LogP contribution in [0.4, 0.5) is 11.4 Å². The summed E-state index contributed by atoms with van der Waals surface area (Å²) in [6.45, 7) is 8.45. The van der Waals surface area contributed by atoms with E-state index in [-0.39, 0.29) is 22.6 Å². The number of aliphatic hydroxyl groups excluding tert-OH is 1. The highest BCUT2D eigenvalue weighted by molar-refractivity contribution is 5.64. The van der Waals surface area contributed by atoms with Crippen LogP contribution in [0.1, 0.15) is 37.8 Å². The van der Waals surface area contributed by atoms with Crippen molar-refractivity contribution in [2.24, 2.45) is 5.41 Å². The van der Waals surface area contributed by atoms with E-state index < -0.39 is 0 Å². The molecule has 0 radical (unpaired) electrons. The lowest BCUT2D eigenvalue weighted by Crippen LogP contribution is -2.32. The molecule has 0 aliphatic heterocycles. The van der Waals surface area contributed by atoms with Crippen LogP contribution in [0.2, 0.25) is 0 Å². The first-order valence-electron chi connectivity index (χ1n) is 6.99.